The lowest BCUT2D eigenvalue weighted by Gasteiger charge is -2.26. The number of rotatable bonds is 5. The van der Waals surface area contributed by atoms with E-state index in [1.807, 2.05) is 16.8 Å². The van der Waals surface area contributed by atoms with Crippen molar-refractivity contribution >= 4 is 11.5 Å². The molecule has 2 aromatic heterocycles. The van der Waals surface area contributed by atoms with Crippen LogP contribution in [0, 0.1) is 0 Å². The Kier molecular flexibility index (Phi) is 3.04. The van der Waals surface area contributed by atoms with Gasteiger partial charge >= 0.3 is 0 Å². The maximum absolute atomic E-state index is 5.91. The fourth-order valence-corrected chi connectivity index (χ4v) is 1.97. The number of hydrogen-bond donors (Lipinski definition) is 1. The van der Waals surface area contributed by atoms with E-state index in [0.717, 1.165) is 37.3 Å². The molecule has 1 fully saturated rings. The van der Waals surface area contributed by atoms with Gasteiger partial charge in [0.05, 0.1) is 6.20 Å². The van der Waals surface area contributed by atoms with Gasteiger partial charge in [0.1, 0.15) is 11.9 Å². The third kappa shape index (κ3) is 2.12. The van der Waals surface area contributed by atoms with Gasteiger partial charge in [-0.3, -0.25) is 4.40 Å². The Balaban J connectivity index is 1.89. The van der Waals surface area contributed by atoms with E-state index in [4.69, 9.17) is 4.74 Å². The molecule has 5 heteroatoms. The van der Waals surface area contributed by atoms with Crippen LogP contribution in [0.25, 0.3) is 5.65 Å². The standard InChI is InChI=1S/C13H18N4O/c1-2-6-14-11-9-17-8-7-15-12(17)13(16-11)18-10-4-3-5-10/h7-10,14H,2-6H2,1H3. The van der Waals surface area contributed by atoms with E-state index >= 15 is 0 Å². The van der Waals surface area contributed by atoms with Crippen molar-refractivity contribution in [3.63, 3.8) is 0 Å². The van der Waals surface area contributed by atoms with Crippen molar-refractivity contribution in [2.75, 3.05) is 11.9 Å². The normalized spacial score (nSPS) is 15.6. The topological polar surface area (TPSA) is 51.5 Å². The first-order valence-corrected chi connectivity index (χ1v) is 6.61. The molecular formula is C13H18N4O. The summed E-state index contributed by atoms with van der Waals surface area (Å²) in [5.41, 5.74) is 0.795. The first-order valence-electron chi connectivity index (χ1n) is 6.61. The van der Waals surface area contributed by atoms with Crippen LogP contribution >= 0.6 is 0 Å². The highest BCUT2D eigenvalue weighted by atomic mass is 16.5. The highest BCUT2D eigenvalue weighted by Crippen LogP contribution is 2.27. The average molecular weight is 246 g/mol. The lowest BCUT2D eigenvalue weighted by Crippen LogP contribution is -2.25. The molecule has 0 spiro atoms. The maximum Gasteiger partial charge on any atom is 0.260 e. The van der Waals surface area contributed by atoms with E-state index in [-0.39, 0.29) is 0 Å². The molecule has 3 rings (SSSR count). The smallest absolute Gasteiger partial charge is 0.260 e. The van der Waals surface area contributed by atoms with Crippen LogP contribution in [0.2, 0.25) is 0 Å². The lowest BCUT2D eigenvalue weighted by atomic mass is 9.96. The summed E-state index contributed by atoms with van der Waals surface area (Å²) in [6.45, 7) is 3.05. The predicted octanol–water partition coefficient (Wildman–Crippen LogP) is 2.48. The van der Waals surface area contributed by atoms with Crippen molar-refractivity contribution in [2.45, 2.75) is 38.7 Å². The Morgan fingerprint density at radius 2 is 2.39 bits per heavy atom. The van der Waals surface area contributed by atoms with Crippen LogP contribution in [-0.4, -0.2) is 27.0 Å². The third-order valence-electron chi connectivity index (χ3n) is 3.23. The van der Waals surface area contributed by atoms with E-state index in [1.165, 1.54) is 6.42 Å². The minimum Gasteiger partial charge on any atom is -0.472 e. The summed E-state index contributed by atoms with van der Waals surface area (Å²) in [5, 5.41) is 3.29. The zero-order valence-electron chi connectivity index (χ0n) is 10.6. The summed E-state index contributed by atoms with van der Waals surface area (Å²) in [5.74, 6) is 1.49. The van der Waals surface area contributed by atoms with Gasteiger partial charge in [0, 0.05) is 18.9 Å². The second kappa shape index (κ2) is 4.84. The molecule has 18 heavy (non-hydrogen) atoms. The quantitative estimate of drug-likeness (QED) is 0.880. The van der Waals surface area contributed by atoms with Gasteiger partial charge in [-0.15, -0.1) is 0 Å². The number of ether oxygens (including phenoxy) is 1. The fourth-order valence-electron chi connectivity index (χ4n) is 1.97. The van der Waals surface area contributed by atoms with Gasteiger partial charge in [-0.1, -0.05) is 6.92 Å². The Hall–Kier alpha value is -1.78. The van der Waals surface area contributed by atoms with Gasteiger partial charge in [0.15, 0.2) is 0 Å². The molecule has 2 aromatic rings. The van der Waals surface area contributed by atoms with Gasteiger partial charge in [-0.25, -0.2) is 4.98 Å². The fraction of sp³-hybridized carbons (Fsp3) is 0.538. The van der Waals surface area contributed by atoms with Crippen LogP contribution in [0.1, 0.15) is 32.6 Å². The van der Waals surface area contributed by atoms with E-state index in [1.54, 1.807) is 6.20 Å². The Labute approximate surface area is 106 Å². The minimum absolute atomic E-state index is 0.319. The summed E-state index contributed by atoms with van der Waals surface area (Å²) < 4.78 is 7.87. The van der Waals surface area contributed by atoms with E-state index < -0.39 is 0 Å². The number of imidazole rings is 1. The molecule has 1 aliphatic rings. The van der Waals surface area contributed by atoms with Crippen LogP contribution in [0.3, 0.4) is 0 Å². The highest BCUT2D eigenvalue weighted by Gasteiger charge is 2.21. The van der Waals surface area contributed by atoms with Crippen molar-refractivity contribution in [1.29, 1.82) is 0 Å². The van der Waals surface area contributed by atoms with Gasteiger partial charge in [-0.2, -0.15) is 4.98 Å². The number of hydrogen-bond acceptors (Lipinski definition) is 4. The van der Waals surface area contributed by atoms with Crippen LogP contribution in [0.5, 0.6) is 5.88 Å². The number of fused-ring (bicyclic) bond motifs is 1. The first kappa shape index (κ1) is 11.3. The first-order chi connectivity index (χ1) is 8.86. The second-order valence-electron chi connectivity index (χ2n) is 4.69. The molecule has 0 radical (unpaired) electrons. The van der Waals surface area contributed by atoms with E-state index in [2.05, 4.69) is 22.2 Å². The summed E-state index contributed by atoms with van der Waals surface area (Å²) >= 11 is 0. The summed E-state index contributed by atoms with van der Waals surface area (Å²) in [7, 11) is 0. The monoisotopic (exact) mass is 246 g/mol. The molecule has 2 heterocycles. The molecule has 0 bridgehead atoms. The number of nitrogens with one attached hydrogen (secondary N) is 1. The minimum atomic E-state index is 0.319. The Morgan fingerprint density at radius 1 is 1.50 bits per heavy atom. The molecule has 0 atom stereocenters. The number of anilines is 1. The molecule has 0 aromatic carbocycles. The van der Waals surface area contributed by atoms with Gasteiger partial charge in [0.25, 0.3) is 5.88 Å². The summed E-state index contributed by atoms with van der Waals surface area (Å²) in [4.78, 5) is 8.81. The highest BCUT2D eigenvalue weighted by molar-refractivity contribution is 5.53. The molecule has 96 valence electrons. The van der Waals surface area contributed by atoms with Crippen molar-refractivity contribution in [3.05, 3.63) is 18.6 Å². The average Bonchev–Trinajstić information content (AvgIpc) is 2.79. The number of nitrogens with zero attached hydrogens (tertiary/aromatic N) is 3. The summed E-state index contributed by atoms with van der Waals surface area (Å²) in [6.07, 6.45) is 10.5. The molecule has 5 nitrogen and oxygen atoms in total. The zero-order valence-corrected chi connectivity index (χ0v) is 10.6. The van der Waals surface area contributed by atoms with E-state index in [0.29, 0.717) is 12.0 Å². The molecule has 1 saturated carbocycles. The molecule has 0 aliphatic heterocycles. The molecule has 0 amide bonds. The zero-order chi connectivity index (χ0) is 12.4. The predicted molar refractivity (Wildman–Crippen MR) is 70.0 cm³/mol. The SMILES string of the molecule is CCCNc1cn2ccnc2c(OC2CCC2)n1. The van der Waals surface area contributed by atoms with Crippen LogP contribution in [0.4, 0.5) is 5.82 Å². The van der Waals surface area contributed by atoms with Gasteiger partial charge in [-0.05, 0) is 25.7 Å². The van der Waals surface area contributed by atoms with Crippen LogP contribution in [-0.2, 0) is 0 Å². The molecule has 0 saturated heterocycles. The van der Waals surface area contributed by atoms with Crippen molar-refractivity contribution in [2.24, 2.45) is 0 Å². The van der Waals surface area contributed by atoms with E-state index in [9.17, 15) is 0 Å². The summed E-state index contributed by atoms with van der Waals surface area (Å²) in [6, 6.07) is 0. The maximum atomic E-state index is 5.91. The second-order valence-corrected chi connectivity index (χ2v) is 4.69. The van der Waals surface area contributed by atoms with Crippen molar-refractivity contribution in [3.8, 4) is 5.88 Å². The lowest BCUT2D eigenvalue weighted by molar-refractivity contribution is 0.116. The van der Waals surface area contributed by atoms with Gasteiger partial charge in [0.2, 0.25) is 5.65 Å². The largest absolute Gasteiger partial charge is 0.472 e. The van der Waals surface area contributed by atoms with Crippen molar-refractivity contribution in [1.82, 2.24) is 14.4 Å². The molecule has 1 aliphatic carbocycles. The Morgan fingerprint density at radius 3 is 3.11 bits per heavy atom. The van der Waals surface area contributed by atoms with Crippen molar-refractivity contribution < 1.29 is 4.74 Å². The number of aromatic nitrogens is 3. The van der Waals surface area contributed by atoms with Gasteiger partial charge < -0.3 is 10.1 Å². The Bertz CT molecular complexity index is 533. The molecular weight excluding hydrogens is 228 g/mol. The molecule has 1 N–H and O–H groups in total. The van der Waals surface area contributed by atoms with Crippen LogP contribution in [0.15, 0.2) is 18.6 Å². The molecule has 0 unspecified atom stereocenters. The third-order valence-corrected chi connectivity index (χ3v) is 3.23. The van der Waals surface area contributed by atoms with Crippen LogP contribution < -0.4 is 10.1 Å².